The van der Waals surface area contributed by atoms with Gasteiger partial charge in [0.2, 0.25) is 0 Å². The highest BCUT2D eigenvalue weighted by atomic mass is 16.6. The van der Waals surface area contributed by atoms with Crippen LogP contribution in [0.15, 0.2) is 49.6 Å². The average molecular weight is 553 g/mol. The average Bonchev–Trinajstić information content (AvgIpc) is 2.96. The van der Waals surface area contributed by atoms with Crippen molar-refractivity contribution in [3.05, 3.63) is 55.1 Å². The van der Waals surface area contributed by atoms with Gasteiger partial charge < -0.3 is 33.9 Å². The summed E-state index contributed by atoms with van der Waals surface area (Å²) in [5, 5.41) is 17.4. The summed E-state index contributed by atoms with van der Waals surface area (Å²) < 4.78 is 27.3. The molecule has 2 unspecified atom stereocenters. The first-order valence-electron chi connectivity index (χ1n) is 14.7. The lowest BCUT2D eigenvalue weighted by Gasteiger charge is -2.18. The minimum Gasteiger partial charge on any atom is -0.491 e. The lowest BCUT2D eigenvalue weighted by molar-refractivity contribution is -0.0418. The van der Waals surface area contributed by atoms with Crippen LogP contribution in [0.25, 0.3) is 0 Å². The number of hydrogen-bond donors (Lipinski definition) is 2. The molecule has 1 rings (SSSR count). The molecule has 39 heavy (non-hydrogen) atoms. The maximum absolute atomic E-state index is 8.92. The van der Waals surface area contributed by atoms with Crippen molar-refractivity contribution in [2.24, 2.45) is 0 Å². The van der Waals surface area contributed by atoms with E-state index < -0.39 is 0 Å². The van der Waals surface area contributed by atoms with E-state index in [1.807, 2.05) is 19.1 Å². The van der Waals surface area contributed by atoms with E-state index in [1.54, 1.807) is 12.2 Å². The Bertz CT molecular complexity index is 650. The van der Waals surface area contributed by atoms with Gasteiger partial charge in [0, 0.05) is 0 Å². The Morgan fingerprint density at radius 3 is 1.79 bits per heavy atom. The summed E-state index contributed by atoms with van der Waals surface area (Å²) in [7, 11) is 0. The zero-order valence-electron chi connectivity index (χ0n) is 24.7. The summed E-state index contributed by atoms with van der Waals surface area (Å²) in [4.78, 5) is 0. The molecule has 7 heteroatoms. The molecule has 0 aliphatic heterocycles. The summed E-state index contributed by atoms with van der Waals surface area (Å²) >= 11 is 0. The van der Waals surface area contributed by atoms with Crippen LogP contribution in [0.4, 0.5) is 0 Å². The fourth-order valence-electron chi connectivity index (χ4n) is 3.66. The van der Waals surface area contributed by atoms with Gasteiger partial charge in [-0.15, -0.1) is 13.2 Å². The molecule has 1 aromatic rings. The molecule has 1 aromatic carbocycles. The van der Waals surface area contributed by atoms with Gasteiger partial charge in [0.25, 0.3) is 0 Å². The van der Waals surface area contributed by atoms with Gasteiger partial charge in [-0.25, -0.2) is 0 Å². The van der Waals surface area contributed by atoms with E-state index >= 15 is 0 Å². The highest BCUT2D eigenvalue weighted by Crippen LogP contribution is 2.16. The molecule has 0 bridgehead atoms. The molecule has 0 spiro atoms. The molecule has 0 heterocycles. The Morgan fingerprint density at radius 2 is 1.26 bits per heavy atom. The molecule has 0 aliphatic rings. The zero-order valence-corrected chi connectivity index (χ0v) is 24.7. The Hall–Kier alpha value is -1.74. The Labute approximate surface area is 238 Å². The molecule has 7 nitrogen and oxygen atoms in total. The van der Waals surface area contributed by atoms with Crippen LogP contribution in [-0.4, -0.2) is 81.9 Å². The van der Waals surface area contributed by atoms with Gasteiger partial charge in [0.05, 0.1) is 59.0 Å². The van der Waals surface area contributed by atoms with Crippen LogP contribution in [0.5, 0.6) is 5.75 Å². The second-order valence-corrected chi connectivity index (χ2v) is 9.32. The third kappa shape index (κ3) is 23.8. The quantitative estimate of drug-likeness (QED) is 0.109. The van der Waals surface area contributed by atoms with Crippen LogP contribution < -0.4 is 4.74 Å². The van der Waals surface area contributed by atoms with E-state index in [2.05, 4.69) is 32.2 Å². The van der Waals surface area contributed by atoms with E-state index in [4.69, 9.17) is 33.9 Å². The summed E-state index contributed by atoms with van der Waals surface area (Å²) in [5.41, 5.74) is 1.36. The Kier molecular flexibility index (Phi) is 27.9. The van der Waals surface area contributed by atoms with Crippen molar-refractivity contribution in [3.63, 3.8) is 0 Å². The summed E-state index contributed by atoms with van der Waals surface area (Å²) in [6.07, 6.45) is 14.7. The number of aliphatic hydroxyl groups excluding tert-OH is 2. The first-order valence-corrected chi connectivity index (χ1v) is 14.7. The minimum atomic E-state index is -0.204. The van der Waals surface area contributed by atoms with Gasteiger partial charge in [0.15, 0.2) is 0 Å². The second-order valence-electron chi connectivity index (χ2n) is 9.32. The van der Waals surface area contributed by atoms with E-state index in [-0.39, 0.29) is 32.0 Å². The van der Waals surface area contributed by atoms with E-state index in [0.29, 0.717) is 39.6 Å². The summed E-state index contributed by atoms with van der Waals surface area (Å²) in [6.45, 7) is 14.6. The maximum atomic E-state index is 8.92. The molecule has 226 valence electrons. The lowest BCUT2D eigenvalue weighted by atomic mass is 10.0. The van der Waals surface area contributed by atoms with Crippen LogP contribution in [0.3, 0.4) is 0 Å². The molecule has 0 aliphatic carbocycles. The molecule has 0 aromatic heterocycles. The van der Waals surface area contributed by atoms with Gasteiger partial charge in [-0.3, -0.25) is 0 Å². The fraction of sp³-hybridized carbons (Fsp3) is 0.688. The number of rotatable bonds is 26. The molecule has 0 saturated carbocycles. The molecule has 2 atom stereocenters. The van der Waals surface area contributed by atoms with E-state index in [1.165, 1.54) is 50.5 Å². The first-order chi connectivity index (χ1) is 19.1. The standard InChI is InChI=1S/C23H38O4.C9H18O3/c1-3-5-6-7-8-9-10-11-21-12-14-22(15-13-21)27-20-23(26-18-16-24)19-25-17-4-2;1-3-6-11-8-9(4-2)12-7-5-10/h4,12-15,23-24H,2-3,5-11,16-20H2,1H3;3,9-10H,1,4-8H2,2H3. The minimum absolute atomic E-state index is 0.00867. The number of aryl methyl sites for hydroxylation is 1. The van der Waals surface area contributed by atoms with Crippen LogP contribution in [-0.2, 0) is 25.4 Å². The fourth-order valence-corrected chi connectivity index (χ4v) is 3.66. The Morgan fingerprint density at radius 1 is 0.718 bits per heavy atom. The third-order valence-corrected chi connectivity index (χ3v) is 5.85. The van der Waals surface area contributed by atoms with Gasteiger partial charge in [0.1, 0.15) is 18.5 Å². The van der Waals surface area contributed by atoms with Crippen molar-refractivity contribution in [1.29, 1.82) is 0 Å². The van der Waals surface area contributed by atoms with Crippen LogP contribution in [0, 0.1) is 0 Å². The molecule has 0 fully saturated rings. The molecule has 0 saturated heterocycles. The monoisotopic (exact) mass is 552 g/mol. The van der Waals surface area contributed by atoms with E-state index in [0.717, 1.165) is 18.6 Å². The molecule has 0 amide bonds. The van der Waals surface area contributed by atoms with Crippen LogP contribution >= 0.6 is 0 Å². The van der Waals surface area contributed by atoms with Crippen molar-refractivity contribution < 1.29 is 33.9 Å². The summed E-state index contributed by atoms with van der Waals surface area (Å²) in [5.74, 6) is 0.833. The number of aliphatic hydroxyl groups is 2. The van der Waals surface area contributed by atoms with Crippen LogP contribution in [0.2, 0.25) is 0 Å². The van der Waals surface area contributed by atoms with Gasteiger partial charge in [-0.05, 0) is 37.0 Å². The SMILES string of the molecule is C=CCOCC(CC)OCCO.C=CCOCC(COc1ccc(CCCCCCCCC)cc1)OCCO. The van der Waals surface area contributed by atoms with Crippen molar-refractivity contribution in [1.82, 2.24) is 0 Å². The van der Waals surface area contributed by atoms with Crippen molar-refractivity contribution in [2.75, 3.05) is 59.5 Å². The molecule has 2 N–H and O–H groups in total. The van der Waals surface area contributed by atoms with Crippen molar-refractivity contribution >= 4 is 0 Å². The molecular formula is C32H56O7. The van der Waals surface area contributed by atoms with Crippen molar-refractivity contribution in [2.45, 2.75) is 83.8 Å². The maximum Gasteiger partial charge on any atom is 0.119 e. The number of benzene rings is 1. The normalized spacial score (nSPS) is 12.3. The van der Waals surface area contributed by atoms with Gasteiger partial charge in [-0.2, -0.15) is 0 Å². The molecule has 0 radical (unpaired) electrons. The largest absolute Gasteiger partial charge is 0.491 e. The highest BCUT2D eigenvalue weighted by molar-refractivity contribution is 5.27. The lowest BCUT2D eigenvalue weighted by Crippen LogP contribution is -2.28. The topological polar surface area (TPSA) is 86.6 Å². The summed E-state index contributed by atoms with van der Waals surface area (Å²) in [6, 6.07) is 8.32. The van der Waals surface area contributed by atoms with E-state index in [9.17, 15) is 0 Å². The second kappa shape index (κ2) is 29.2. The van der Waals surface area contributed by atoms with Crippen molar-refractivity contribution in [3.8, 4) is 5.75 Å². The zero-order chi connectivity index (χ0) is 28.8. The predicted molar refractivity (Wildman–Crippen MR) is 160 cm³/mol. The first kappa shape index (κ1) is 37.3. The number of hydrogen-bond acceptors (Lipinski definition) is 7. The third-order valence-electron chi connectivity index (χ3n) is 5.85. The van der Waals surface area contributed by atoms with Gasteiger partial charge >= 0.3 is 0 Å². The Balaban J connectivity index is 0.00000101. The van der Waals surface area contributed by atoms with Crippen LogP contribution in [0.1, 0.15) is 70.8 Å². The highest BCUT2D eigenvalue weighted by Gasteiger charge is 2.10. The predicted octanol–water partition coefficient (Wildman–Crippen LogP) is 5.92. The smallest absolute Gasteiger partial charge is 0.119 e. The number of ether oxygens (including phenoxy) is 5. The van der Waals surface area contributed by atoms with Gasteiger partial charge in [-0.1, -0.05) is 76.7 Å². The molecular weight excluding hydrogens is 496 g/mol. The number of unbranched alkanes of at least 4 members (excludes halogenated alkanes) is 6.